The zero-order valence-electron chi connectivity index (χ0n) is 14.6. The Hall–Kier alpha value is -3.15. The second-order valence-corrected chi connectivity index (χ2v) is 6.60. The van der Waals surface area contributed by atoms with Crippen LogP contribution in [0.2, 0.25) is 0 Å². The Labute approximate surface area is 152 Å². The van der Waals surface area contributed by atoms with Gasteiger partial charge in [0.25, 0.3) is 0 Å². The van der Waals surface area contributed by atoms with E-state index >= 15 is 0 Å². The van der Waals surface area contributed by atoms with Crippen LogP contribution in [0.3, 0.4) is 0 Å². The number of carbonyl (C=O) groups excluding carboxylic acids is 3. The summed E-state index contributed by atoms with van der Waals surface area (Å²) in [5.41, 5.74) is 8.28. The maximum atomic E-state index is 12.5. The third kappa shape index (κ3) is 4.08. The van der Waals surface area contributed by atoms with Crippen LogP contribution in [0.25, 0.3) is 0 Å². The lowest BCUT2D eigenvalue weighted by Gasteiger charge is -2.17. The van der Waals surface area contributed by atoms with E-state index in [0.29, 0.717) is 24.3 Å². The van der Waals surface area contributed by atoms with Gasteiger partial charge in [-0.05, 0) is 30.7 Å². The van der Waals surface area contributed by atoms with Gasteiger partial charge in [-0.15, -0.1) is 0 Å². The fourth-order valence-corrected chi connectivity index (χ4v) is 3.01. The van der Waals surface area contributed by atoms with E-state index < -0.39 is 11.8 Å². The molecule has 0 aromatic heterocycles. The molecule has 134 valence electrons. The molecule has 0 saturated carbocycles. The van der Waals surface area contributed by atoms with E-state index in [2.05, 4.69) is 5.32 Å². The molecule has 3 rings (SSSR count). The highest BCUT2D eigenvalue weighted by Gasteiger charge is 2.34. The van der Waals surface area contributed by atoms with Crippen molar-refractivity contribution in [2.45, 2.75) is 19.9 Å². The van der Waals surface area contributed by atoms with Crippen LogP contribution < -0.4 is 11.1 Å². The lowest BCUT2D eigenvalue weighted by atomic mass is 10.1. The number of nitrogens with zero attached hydrogens (tertiary/aromatic N) is 1. The summed E-state index contributed by atoms with van der Waals surface area (Å²) in [4.78, 5) is 37.7. The lowest BCUT2D eigenvalue weighted by Crippen LogP contribution is -2.28. The molecule has 1 fully saturated rings. The van der Waals surface area contributed by atoms with Crippen LogP contribution in [0.5, 0.6) is 0 Å². The Morgan fingerprint density at radius 1 is 1.19 bits per heavy atom. The van der Waals surface area contributed by atoms with Gasteiger partial charge in [0.2, 0.25) is 17.7 Å². The standard InChI is InChI=1S/C20H21N3O3/c1-13-5-7-14(8-6-13)11-23-12-16(10-18(23)24)20(26)22-17-4-2-3-15(9-17)19(21)25/h2-9,16H,10-12H2,1H3,(H2,21,25)(H,22,26). The van der Waals surface area contributed by atoms with Crippen molar-refractivity contribution in [1.29, 1.82) is 0 Å². The van der Waals surface area contributed by atoms with Crippen LogP contribution in [-0.2, 0) is 16.1 Å². The van der Waals surface area contributed by atoms with Gasteiger partial charge in [-0.1, -0.05) is 35.9 Å². The highest BCUT2D eigenvalue weighted by atomic mass is 16.2. The van der Waals surface area contributed by atoms with Crippen LogP contribution in [-0.4, -0.2) is 29.2 Å². The molecule has 0 radical (unpaired) electrons. The van der Waals surface area contributed by atoms with Crippen molar-refractivity contribution < 1.29 is 14.4 Å². The number of hydrogen-bond acceptors (Lipinski definition) is 3. The molecule has 6 nitrogen and oxygen atoms in total. The number of nitrogens with one attached hydrogen (secondary N) is 1. The molecule has 26 heavy (non-hydrogen) atoms. The first-order valence-corrected chi connectivity index (χ1v) is 8.46. The summed E-state index contributed by atoms with van der Waals surface area (Å²) in [6.07, 6.45) is 0.188. The molecule has 0 bridgehead atoms. The Balaban J connectivity index is 1.62. The van der Waals surface area contributed by atoms with Crippen molar-refractivity contribution >= 4 is 23.4 Å². The summed E-state index contributed by atoms with van der Waals surface area (Å²) in [5, 5.41) is 2.77. The van der Waals surface area contributed by atoms with E-state index in [1.54, 1.807) is 23.1 Å². The van der Waals surface area contributed by atoms with Gasteiger partial charge in [0, 0.05) is 30.8 Å². The van der Waals surface area contributed by atoms with Crippen molar-refractivity contribution in [1.82, 2.24) is 4.90 Å². The zero-order valence-corrected chi connectivity index (χ0v) is 14.6. The molecular weight excluding hydrogens is 330 g/mol. The predicted octanol–water partition coefficient (Wildman–Crippen LogP) is 2.08. The first-order valence-electron chi connectivity index (χ1n) is 8.46. The Kier molecular flexibility index (Phi) is 5.02. The summed E-state index contributed by atoms with van der Waals surface area (Å²) in [6, 6.07) is 14.4. The maximum absolute atomic E-state index is 12.5. The second kappa shape index (κ2) is 7.39. The van der Waals surface area contributed by atoms with Crippen LogP contribution in [0.15, 0.2) is 48.5 Å². The van der Waals surface area contributed by atoms with Gasteiger partial charge >= 0.3 is 0 Å². The molecule has 6 heteroatoms. The van der Waals surface area contributed by atoms with Crippen LogP contribution in [0.4, 0.5) is 5.69 Å². The number of benzene rings is 2. The molecule has 3 N–H and O–H groups in total. The lowest BCUT2D eigenvalue weighted by molar-refractivity contribution is -0.128. The van der Waals surface area contributed by atoms with Crippen molar-refractivity contribution in [3.63, 3.8) is 0 Å². The minimum atomic E-state index is -0.554. The summed E-state index contributed by atoms with van der Waals surface area (Å²) < 4.78 is 0. The van der Waals surface area contributed by atoms with E-state index in [0.717, 1.165) is 11.1 Å². The van der Waals surface area contributed by atoms with Gasteiger partial charge in [-0.2, -0.15) is 0 Å². The van der Waals surface area contributed by atoms with Crippen molar-refractivity contribution in [2.75, 3.05) is 11.9 Å². The largest absolute Gasteiger partial charge is 0.366 e. The first kappa shape index (κ1) is 17.7. The molecule has 1 aliphatic heterocycles. The quantitative estimate of drug-likeness (QED) is 0.864. The fraction of sp³-hybridized carbons (Fsp3) is 0.250. The molecule has 1 heterocycles. The van der Waals surface area contributed by atoms with Gasteiger partial charge in [-0.25, -0.2) is 0 Å². The molecule has 1 saturated heterocycles. The van der Waals surface area contributed by atoms with Crippen molar-refractivity contribution in [2.24, 2.45) is 11.7 Å². The Morgan fingerprint density at radius 3 is 2.62 bits per heavy atom. The normalized spacial score (nSPS) is 16.6. The number of amides is 3. The second-order valence-electron chi connectivity index (χ2n) is 6.60. The predicted molar refractivity (Wildman–Crippen MR) is 98.3 cm³/mol. The Bertz CT molecular complexity index is 846. The number of likely N-dealkylation sites (tertiary alicyclic amines) is 1. The number of nitrogens with two attached hydrogens (primary N) is 1. The third-order valence-corrected chi connectivity index (χ3v) is 4.49. The average molecular weight is 351 g/mol. The maximum Gasteiger partial charge on any atom is 0.248 e. The molecule has 3 amide bonds. The summed E-state index contributed by atoms with van der Waals surface area (Å²) in [6.45, 7) is 2.90. The van der Waals surface area contributed by atoms with Crippen LogP contribution in [0, 0.1) is 12.8 Å². The number of aryl methyl sites for hydroxylation is 1. The molecule has 1 atom stereocenters. The first-order chi connectivity index (χ1) is 12.4. The van der Waals surface area contributed by atoms with E-state index in [1.165, 1.54) is 6.07 Å². The SMILES string of the molecule is Cc1ccc(CN2CC(C(=O)Nc3cccc(C(N)=O)c3)CC2=O)cc1. The van der Waals surface area contributed by atoms with Gasteiger partial charge in [0.1, 0.15) is 0 Å². The molecule has 1 aliphatic rings. The number of carbonyl (C=O) groups is 3. The monoisotopic (exact) mass is 351 g/mol. The molecule has 0 spiro atoms. The van der Waals surface area contributed by atoms with Gasteiger partial charge in [-0.3, -0.25) is 14.4 Å². The minimum absolute atomic E-state index is 0.0309. The van der Waals surface area contributed by atoms with Crippen molar-refractivity contribution in [3.05, 3.63) is 65.2 Å². The van der Waals surface area contributed by atoms with E-state index in [-0.39, 0.29) is 18.2 Å². The summed E-state index contributed by atoms with van der Waals surface area (Å²) in [7, 11) is 0. The Morgan fingerprint density at radius 2 is 1.92 bits per heavy atom. The van der Waals surface area contributed by atoms with Crippen LogP contribution >= 0.6 is 0 Å². The molecular formula is C20H21N3O3. The number of primary amides is 1. The number of rotatable bonds is 5. The van der Waals surface area contributed by atoms with E-state index in [9.17, 15) is 14.4 Å². The van der Waals surface area contributed by atoms with Crippen molar-refractivity contribution in [3.8, 4) is 0 Å². The zero-order chi connectivity index (χ0) is 18.7. The van der Waals surface area contributed by atoms with Gasteiger partial charge < -0.3 is 16.0 Å². The third-order valence-electron chi connectivity index (χ3n) is 4.49. The number of anilines is 1. The molecule has 2 aromatic carbocycles. The average Bonchev–Trinajstić information content (AvgIpc) is 2.98. The van der Waals surface area contributed by atoms with Gasteiger partial charge in [0.15, 0.2) is 0 Å². The summed E-state index contributed by atoms with van der Waals surface area (Å²) in [5.74, 6) is -1.23. The van der Waals surface area contributed by atoms with Gasteiger partial charge in [0.05, 0.1) is 5.92 Å². The molecule has 1 unspecified atom stereocenters. The van der Waals surface area contributed by atoms with Crippen LogP contribution in [0.1, 0.15) is 27.9 Å². The molecule has 2 aromatic rings. The number of hydrogen-bond donors (Lipinski definition) is 2. The topological polar surface area (TPSA) is 92.5 Å². The highest BCUT2D eigenvalue weighted by molar-refractivity contribution is 5.99. The van der Waals surface area contributed by atoms with E-state index in [4.69, 9.17) is 5.73 Å². The smallest absolute Gasteiger partial charge is 0.248 e. The molecule has 0 aliphatic carbocycles. The summed E-state index contributed by atoms with van der Waals surface area (Å²) >= 11 is 0. The van der Waals surface area contributed by atoms with E-state index in [1.807, 2.05) is 31.2 Å². The minimum Gasteiger partial charge on any atom is -0.366 e. The highest BCUT2D eigenvalue weighted by Crippen LogP contribution is 2.22. The fourth-order valence-electron chi connectivity index (χ4n) is 3.01.